The van der Waals surface area contributed by atoms with Crippen LogP contribution in [0, 0.1) is 5.92 Å². The van der Waals surface area contributed by atoms with Crippen LogP contribution in [0.25, 0.3) is 0 Å². The van der Waals surface area contributed by atoms with Gasteiger partial charge >= 0.3 is 0 Å². The lowest BCUT2D eigenvalue weighted by Crippen LogP contribution is -2.21. The molecule has 0 aliphatic heterocycles. The highest BCUT2D eigenvalue weighted by Gasteiger charge is 2.02. The summed E-state index contributed by atoms with van der Waals surface area (Å²) >= 11 is 0. The van der Waals surface area contributed by atoms with Gasteiger partial charge in [-0.05, 0) is 19.4 Å². The number of hydrogen-bond donors (Lipinski definition) is 2. The molecule has 0 radical (unpaired) electrons. The van der Waals surface area contributed by atoms with E-state index in [0.29, 0.717) is 12.5 Å². The number of nitrogens with one attached hydrogen (secondary N) is 1. The number of anilines is 1. The Balaban J connectivity index is 2.44. The third-order valence-corrected chi connectivity index (χ3v) is 2.07. The van der Waals surface area contributed by atoms with Crippen molar-refractivity contribution in [3.05, 3.63) is 12.4 Å². The van der Waals surface area contributed by atoms with Crippen molar-refractivity contribution in [3.8, 4) is 0 Å². The Kier molecular flexibility index (Phi) is 3.76. The normalized spacial score (nSPS) is 12.8. The lowest BCUT2D eigenvalue weighted by atomic mass is 10.2. The molecule has 1 unspecified atom stereocenters. The highest BCUT2D eigenvalue weighted by molar-refractivity contribution is 5.25. The molecule has 4 heteroatoms. The molecule has 4 nitrogen and oxygen atoms in total. The van der Waals surface area contributed by atoms with E-state index < -0.39 is 0 Å². The van der Waals surface area contributed by atoms with Gasteiger partial charge in [-0.25, -0.2) is 4.98 Å². The average Bonchev–Trinajstić information content (AvgIpc) is 2.61. The highest BCUT2D eigenvalue weighted by atomic mass is 15.2. The van der Waals surface area contributed by atoms with Crippen LogP contribution in [-0.2, 0) is 6.54 Å². The van der Waals surface area contributed by atoms with E-state index in [0.717, 1.165) is 19.0 Å². The molecule has 0 spiro atoms. The van der Waals surface area contributed by atoms with Crippen molar-refractivity contribution < 1.29 is 0 Å². The minimum atomic E-state index is 0.488. The molecule has 13 heavy (non-hydrogen) atoms. The molecule has 1 rings (SSSR count). The predicted octanol–water partition coefficient (Wildman–Crippen LogP) is 0.910. The van der Waals surface area contributed by atoms with E-state index in [9.17, 15) is 0 Å². The average molecular weight is 182 g/mol. The molecule has 0 fully saturated rings. The minimum absolute atomic E-state index is 0.488. The molecule has 0 aromatic carbocycles. The topological polar surface area (TPSA) is 55.9 Å². The SMILES string of the molecule is CCn1ccnc1NCC(C)CN. The van der Waals surface area contributed by atoms with Gasteiger partial charge in [0.25, 0.3) is 0 Å². The third-order valence-electron chi connectivity index (χ3n) is 2.07. The lowest BCUT2D eigenvalue weighted by Gasteiger charge is -2.11. The fourth-order valence-electron chi connectivity index (χ4n) is 1.08. The van der Waals surface area contributed by atoms with Gasteiger partial charge in [0.05, 0.1) is 0 Å². The molecule has 1 atom stereocenters. The van der Waals surface area contributed by atoms with Crippen molar-refractivity contribution in [2.45, 2.75) is 20.4 Å². The molecule has 1 aromatic rings. The van der Waals surface area contributed by atoms with Crippen molar-refractivity contribution in [2.75, 3.05) is 18.4 Å². The van der Waals surface area contributed by atoms with Crippen LogP contribution >= 0.6 is 0 Å². The summed E-state index contributed by atoms with van der Waals surface area (Å²) in [5.41, 5.74) is 5.51. The number of nitrogens with two attached hydrogens (primary N) is 1. The summed E-state index contributed by atoms with van der Waals surface area (Å²) in [7, 11) is 0. The maximum Gasteiger partial charge on any atom is 0.202 e. The molecule has 0 aliphatic carbocycles. The van der Waals surface area contributed by atoms with Gasteiger partial charge in [0.2, 0.25) is 5.95 Å². The van der Waals surface area contributed by atoms with Gasteiger partial charge in [0.15, 0.2) is 0 Å². The molecular weight excluding hydrogens is 164 g/mol. The molecule has 1 aromatic heterocycles. The zero-order valence-corrected chi connectivity index (χ0v) is 8.33. The standard InChI is InChI=1S/C9H18N4/c1-3-13-5-4-11-9(13)12-7-8(2)6-10/h4-5,8H,3,6-7,10H2,1-2H3,(H,11,12). The second-order valence-corrected chi connectivity index (χ2v) is 3.26. The summed E-state index contributed by atoms with van der Waals surface area (Å²) in [6.45, 7) is 6.75. The van der Waals surface area contributed by atoms with E-state index in [2.05, 4.69) is 28.7 Å². The van der Waals surface area contributed by atoms with Crippen LogP contribution in [0.1, 0.15) is 13.8 Å². The summed E-state index contributed by atoms with van der Waals surface area (Å²) in [6.07, 6.45) is 3.77. The zero-order chi connectivity index (χ0) is 9.68. The number of hydrogen-bond acceptors (Lipinski definition) is 3. The summed E-state index contributed by atoms with van der Waals surface area (Å²) in [5, 5.41) is 3.27. The van der Waals surface area contributed by atoms with Crippen LogP contribution in [0.3, 0.4) is 0 Å². The minimum Gasteiger partial charge on any atom is -0.355 e. The fraction of sp³-hybridized carbons (Fsp3) is 0.667. The maximum atomic E-state index is 5.51. The van der Waals surface area contributed by atoms with Crippen LogP contribution < -0.4 is 11.1 Å². The Bertz CT molecular complexity index is 244. The van der Waals surface area contributed by atoms with E-state index in [1.54, 1.807) is 6.20 Å². The first-order chi connectivity index (χ1) is 6.27. The molecule has 0 saturated carbocycles. The Labute approximate surface area is 79.1 Å². The lowest BCUT2D eigenvalue weighted by molar-refractivity contribution is 0.620. The van der Waals surface area contributed by atoms with Gasteiger partial charge in [-0.3, -0.25) is 0 Å². The van der Waals surface area contributed by atoms with Gasteiger partial charge in [-0.2, -0.15) is 0 Å². The zero-order valence-electron chi connectivity index (χ0n) is 8.33. The van der Waals surface area contributed by atoms with E-state index in [1.807, 2.05) is 6.20 Å². The van der Waals surface area contributed by atoms with E-state index in [4.69, 9.17) is 5.73 Å². The number of nitrogens with zero attached hydrogens (tertiary/aromatic N) is 2. The van der Waals surface area contributed by atoms with Gasteiger partial charge in [0, 0.05) is 25.5 Å². The molecule has 3 N–H and O–H groups in total. The Morgan fingerprint density at radius 3 is 3.08 bits per heavy atom. The Hall–Kier alpha value is -1.03. The monoisotopic (exact) mass is 182 g/mol. The van der Waals surface area contributed by atoms with Crippen LogP contribution in [0.2, 0.25) is 0 Å². The van der Waals surface area contributed by atoms with Crippen LogP contribution in [0.4, 0.5) is 5.95 Å². The molecular formula is C9H18N4. The van der Waals surface area contributed by atoms with E-state index in [1.165, 1.54) is 0 Å². The van der Waals surface area contributed by atoms with Crippen molar-refractivity contribution in [1.29, 1.82) is 0 Å². The largest absolute Gasteiger partial charge is 0.355 e. The molecule has 74 valence electrons. The highest BCUT2D eigenvalue weighted by Crippen LogP contribution is 2.04. The van der Waals surface area contributed by atoms with Gasteiger partial charge in [-0.1, -0.05) is 6.92 Å². The maximum absolute atomic E-state index is 5.51. The summed E-state index contributed by atoms with van der Waals surface area (Å²) in [4.78, 5) is 4.20. The summed E-state index contributed by atoms with van der Waals surface area (Å²) < 4.78 is 2.07. The Morgan fingerprint density at radius 1 is 1.69 bits per heavy atom. The molecule has 0 aliphatic rings. The Morgan fingerprint density at radius 2 is 2.46 bits per heavy atom. The first kappa shape index (κ1) is 10.1. The van der Waals surface area contributed by atoms with Gasteiger partial charge in [0.1, 0.15) is 0 Å². The molecule has 0 bridgehead atoms. The first-order valence-electron chi connectivity index (χ1n) is 4.73. The van der Waals surface area contributed by atoms with Crippen LogP contribution in [0.5, 0.6) is 0 Å². The number of aromatic nitrogens is 2. The van der Waals surface area contributed by atoms with E-state index >= 15 is 0 Å². The predicted molar refractivity (Wildman–Crippen MR) is 54.6 cm³/mol. The van der Waals surface area contributed by atoms with Crippen molar-refractivity contribution in [1.82, 2.24) is 9.55 Å². The number of rotatable bonds is 5. The molecule has 0 amide bonds. The first-order valence-corrected chi connectivity index (χ1v) is 4.73. The van der Waals surface area contributed by atoms with Crippen molar-refractivity contribution in [2.24, 2.45) is 11.7 Å². The van der Waals surface area contributed by atoms with Crippen molar-refractivity contribution >= 4 is 5.95 Å². The number of imidazole rings is 1. The van der Waals surface area contributed by atoms with Gasteiger partial charge in [-0.15, -0.1) is 0 Å². The van der Waals surface area contributed by atoms with Crippen LogP contribution in [-0.4, -0.2) is 22.6 Å². The fourth-order valence-corrected chi connectivity index (χ4v) is 1.08. The smallest absolute Gasteiger partial charge is 0.202 e. The number of aryl methyl sites for hydroxylation is 1. The molecule has 0 saturated heterocycles. The second-order valence-electron chi connectivity index (χ2n) is 3.26. The van der Waals surface area contributed by atoms with E-state index in [-0.39, 0.29) is 0 Å². The summed E-state index contributed by atoms with van der Waals surface area (Å²) in [6, 6.07) is 0. The van der Waals surface area contributed by atoms with Crippen LogP contribution in [0.15, 0.2) is 12.4 Å². The third kappa shape index (κ3) is 2.73. The quantitative estimate of drug-likeness (QED) is 0.711. The second kappa shape index (κ2) is 4.87. The summed E-state index contributed by atoms with van der Waals surface area (Å²) in [5.74, 6) is 1.42. The molecule has 1 heterocycles. The van der Waals surface area contributed by atoms with Gasteiger partial charge < -0.3 is 15.6 Å². The van der Waals surface area contributed by atoms with Crippen molar-refractivity contribution in [3.63, 3.8) is 0 Å².